The van der Waals surface area contributed by atoms with Crippen molar-refractivity contribution in [1.29, 1.82) is 5.26 Å². The number of benzene rings is 2. The van der Waals surface area contributed by atoms with Crippen molar-refractivity contribution in [3.8, 4) is 6.07 Å². The molecule has 172 valence electrons. The van der Waals surface area contributed by atoms with Gasteiger partial charge in [-0.3, -0.25) is 9.69 Å². The van der Waals surface area contributed by atoms with Crippen LogP contribution >= 0.6 is 23.2 Å². The second-order valence-corrected chi connectivity index (χ2v) is 9.56. The minimum absolute atomic E-state index is 0.295. The Bertz CT molecular complexity index is 1280. The van der Waals surface area contributed by atoms with E-state index in [1.165, 1.54) is 4.90 Å². The minimum Gasteiger partial charge on any atom is -0.364 e. The molecule has 2 unspecified atom stereocenters. The molecule has 34 heavy (non-hydrogen) atoms. The van der Waals surface area contributed by atoms with E-state index in [2.05, 4.69) is 16.0 Å². The lowest BCUT2D eigenvalue weighted by atomic mass is 9.80. The zero-order valence-electron chi connectivity index (χ0n) is 18.3. The van der Waals surface area contributed by atoms with E-state index >= 15 is 0 Å². The predicted molar refractivity (Wildman–Crippen MR) is 130 cm³/mol. The van der Waals surface area contributed by atoms with Gasteiger partial charge in [-0.05, 0) is 48.0 Å². The van der Waals surface area contributed by atoms with Gasteiger partial charge in [0.05, 0.1) is 17.3 Å². The second-order valence-electron chi connectivity index (χ2n) is 8.69. The molecular formula is C25H21Cl2N5O2. The number of nitrogens with zero attached hydrogens (tertiary/aromatic N) is 4. The Balaban J connectivity index is 1.59. The number of carbonyl (C=O) groups is 2. The lowest BCUT2D eigenvalue weighted by Gasteiger charge is -2.34. The lowest BCUT2D eigenvalue weighted by molar-refractivity contribution is -0.124. The van der Waals surface area contributed by atoms with Gasteiger partial charge in [0.2, 0.25) is 0 Å². The van der Waals surface area contributed by atoms with Crippen molar-refractivity contribution in [2.45, 2.75) is 18.0 Å². The number of hydrogen-bond donors (Lipinski definition) is 1. The number of urea groups is 1. The van der Waals surface area contributed by atoms with E-state index < -0.39 is 11.6 Å². The van der Waals surface area contributed by atoms with Gasteiger partial charge in [0, 0.05) is 54.5 Å². The van der Waals surface area contributed by atoms with E-state index in [4.69, 9.17) is 23.2 Å². The Hall–Kier alpha value is -3.31. The largest absolute Gasteiger partial charge is 0.364 e. The summed E-state index contributed by atoms with van der Waals surface area (Å²) in [4.78, 5) is 35.7. The molecular weight excluding hydrogens is 473 g/mol. The third-order valence-corrected chi connectivity index (χ3v) is 7.17. The fraction of sp³-hybridized carbons (Fsp3) is 0.240. The van der Waals surface area contributed by atoms with Gasteiger partial charge >= 0.3 is 6.03 Å². The summed E-state index contributed by atoms with van der Waals surface area (Å²) in [6, 6.07) is 17.5. The monoisotopic (exact) mass is 493 g/mol. The first-order valence-electron chi connectivity index (χ1n) is 10.8. The van der Waals surface area contributed by atoms with Crippen LogP contribution in [0.1, 0.15) is 22.7 Å². The van der Waals surface area contributed by atoms with Crippen molar-refractivity contribution in [2.24, 2.45) is 0 Å². The molecule has 1 N–H and O–H groups in total. The van der Waals surface area contributed by atoms with E-state index in [-0.39, 0.29) is 11.8 Å². The quantitative estimate of drug-likeness (QED) is 0.537. The zero-order valence-corrected chi connectivity index (χ0v) is 19.8. The predicted octanol–water partition coefficient (Wildman–Crippen LogP) is 4.63. The van der Waals surface area contributed by atoms with Crippen LogP contribution in [0.2, 0.25) is 10.0 Å². The molecule has 0 radical (unpaired) electrons. The van der Waals surface area contributed by atoms with E-state index in [0.29, 0.717) is 40.9 Å². The molecule has 2 aliphatic rings. The molecule has 5 rings (SSSR count). The number of hydrogen-bond acceptors (Lipinski definition) is 4. The molecule has 3 amide bonds. The lowest BCUT2D eigenvalue weighted by Crippen LogP contribution is -2.53. The van der Waals surface area contributed by atoms with Gasteiger partial charge in [-0.1, -0.05) is 35.3 Å². The Morgan fingerprint density at radius 3 is 2.44 bits per heavy atom. The van der Waals surface area contributed by atoms with Crippen molar-refractivity contribution >= 4 is 40.8 Å². The number of imide groups is 1. The third-order valence-electron chi connectivity index (χ3n) is 6.74. The first-order valence-corrected chi connectivity index (χ1v) is 11.5. The Morgan fingerprint density at radius 2 is 1.82 bits per heavy atom. The highest BCUT2D eigenvalue weighted by atomic mass is 35.5. The van der Waals surface area contributed by atoms with Gasteiger partial charge in [0.25, 0.3) is 5.91 Å². The van der Waals surface area contributed by atoms with E-state index in [1.807, 2.05) is 30.5 Å². The molecule has 2 aromatic carbocycles. The maximum atomic E-state index is 14.1. The maximum absolute atomic E-state index is 14.1. The van der Waals surface area contributed by atoms with Crippen molar-refractivity contribution in [3.63, 3.8) is 0 Å². The number of rotatable bonds is 4. The number of amides is 3. The Kier molecular flexibility index (Phi) is 5.61. The maximum Gasteiger partial charge on any atom is 0.332 e. The van der Waals surface area contributed by atoms with Crippen LogP contribution in [0.3, 0.4) is 0 Å². The number of H-pyrrole nitrogens is 1. The average Bonchev–Trinajstić information content (AvgIpc) is 3.50. The molecule has 7 nitrogen and oxygen atoms in total. The van der Waals surface area contributed by atoms with Gasteiger partial charge in [-0.15, -0.1) is 0 Å². The molecule has 0 bridgehead atoms. The third kappa shape index (κ3) is 3.55. The Labute approximate surface area is 207 Å². The summed E-state index contributed by atoms with van der Waals surface area (Å²) >= 11 is 12.4. The first-order chi connectivity index (χ1) is 16.3. The highest BCUT2D eigenvalue weighted by Crippen LogP contribution is 2.46. The van der Waals surface area contributed by atoms with E-state index in [1.54, 1.807) is 42.3 Å². The summed E-state index contributed by atoms with van der Waals surface area (Å²) in [5.74, 6) is -0.613. The molecule has 2 aliphatic heterocycles. The van der Waals surface area contributed by atoms with Gasteiger partial charge in [-0.25, -0.2) is 9.69 Å². The highest BCUT2D eigenvalue weighted by molar-refractivity contribution is 6.35. The molecule has 9 heteroatoms. The van der Waals surface area contributed by atoms with Gasteiger partial charge in [-0.2, -0.15) is 5.26 Å². The number of likely N-dealkylation sites (tertiary alicyclic amines) is 1. The number of likely N-dealkylation sites (N-methyl/N-ethyl adjacent to an activating group) is 1. The van der Waals surface area contributed by atoms with Crippen LogP contribution in [-0.2, 0) is 11.3 Å². The SMILES string of the molecule is CN1C(=O)N(c2cc(Cl)cc(Cl)c2)C(=O)C12CN(Cc1ccc[nH]1)CC2c1ccc(C#N)cc1. The smallest absolute Gasteiger partial charge is 0.332 e. The van der Waals surface area contributed by atoms with Crippen LogP contribution in [0.25, 0.3) is 0 Å². The molecule has 3 aromatic rings. The number of anilines is 1. The van der Waals surface area contributed by atoms with Crippen LogP contribution in [0.4, 0.5) is 10.5 Å². The average molecular weight is 494 g/mol. The van der Waals surface area contributed by atoms with Gasteiger partial charge in [0.15, 0.2) is 0 Å². The molecule has 2 atom stereocenters. The van der Waals surface area contributed by atoms with E-state index in [9.17, 15) is 14.9 Å². The second kappa shape index (κ2) is 8.48. The van der Waals surface area contributed by atoms with Crippen molar-refractivity contribution in [3.05, 3.63) is 87.7 Å². The van der Waals surface area contributed by atoms with E-state index in [0.717, 1.165) is 11.3 Å². The number of nitriles is 1. The fourth-order valence-corrected chi connectivity index (χ4v) is 5.63. The zero-order chi connectivity index (χ0) is 24.0. The fourth-order valence-electron chi connectivity index (χ4n) is 5.12. The molecule has 2 saturated heterocycles. The number of halogens is 2. The number of nitrogens with one attached hydrogen (secondary N) is 1. The molecule has 2 fully saturated rings. The number of aromatic nitrogens is 1. The topological polar surface area (TPSA) is 83.4 Å². The van der Waals surface area contributed by atoms with Gasteiger partial charge < -0.3 is 9.88 Å². The van der Waals surface area contributed by atoms with Crippen LogP contribution in [0.15, 0.2) is 60.8 Å². The normalized spacial score (nSPS) is 22.7. The summed E-state index contributed by atoms with van der Waals surface area (Å²) < 4.78 is 0. The minimum atomic E-state index is -1.12. The summed E-state index contributed by atoms with van der Waals surface area (Å²) in [6.07, 6.45) is 1.86. The molecule has 0 aliphatic carbocycles. The van der Waals surface area contributed by atoms with Gasteiger partial charge in [0.1, 0.15) is 5.54 Å². The molecule has 0 saturated carbocycles. The molecule has 1 aromatic heterocycles. The standard InChI is InChI=1S/C25H21Cl2N5O2/c1-30-24(34)32(21-10-18(26)9-19(27)11-21)23(33)25(30)15-31(13-20-3-2-8-29-20)14-22(25)17-6-4-16(12-28)5-7-17/h2-11,22,29H,13-15H2,1H3. The summed E-state index contributed by atoms with van der Waals surface area (Å²) in [7, 11) is 1.67. The molecule has 1 spiro atoms. The summed E-state index contributed by atoms with van der Waals surface area (Å²) in [5.41, 5.74) is 1.68. The highest BCUT2D eigenvalue weighted by Gasteiger charge is 2.64. The molecule has 3 heterocycles. The number of aromatic amines is 1. The van der Waals surface area contributed by atoms with Crippen molar-refractivity contribution in [2.75, 3.05) is 25.0 Å². The van der Waals surface area contributed by atoms with Crippen LogP contribution in [0, 0.1) is 11.3 Å². The van der Waals surface area contributed by atoms with Crippen molar-refractivity contribution < 1.29 is 9.59 Å². The van der Waals surface area contributed by atoms with Crippen LogP contribution in [-0.4, -0.2) is 52.4 Å². The summed E-state index contributed by atoms with van der Waals surface area (Å²) in [6.45, 7) is 1.54. The van der Waals surface area contributed by atoms with Crippen LogP contribution in [0.5, 0.6) is 0 Å². The number of carbonyl (C=O) groups excluding carboxylic acids is 2. The van der Waals surface area contributed by atoms with Crippen molar-refractivity contribution in [1.82, 2.24) is 14.8 Å². The Morgan fingerprint density at radius 1 is 1.12 bits per heavy atom. The van der Waals surface area contributed by atoms with Crippen LogP contribution < -0.4 is 4.90 Å². The first kappa shape index (κ1) is 22.5. The summed E-state index contributed by atoms with van der Waals surface area (Å²) in [5, 5.41) is 9.90.